The van der Waals surface area contributed by atoms with Crippen LogP contribution in [-0.4, -0.2) is 115 Å². The van der Waals surface area contributed by atoms with Crippen molar-refractivity contribution in [2.45, 2.75) is 121 Å². The second-order valence-electron chi connectivity index (χ2n) is 16.1. The lowest BCUT2D eigenvalue weighted by atomic mass is 9.89. The molecule has 1 saturated heterocycles. The van der Waals surface area contributed by atoms with Gasteiger partial charge in [0.25, 0.3) is 0 Å². The Kier molecular flexibility index (Phi) is 19.2. The molecule has 306 valence electrons. The fourth-order valence-electron chi connectivity index (χ4n) is 7.94. The molecule has 2 aromatic carbocycles. The summed E-state index contributed by atoms with van der Waals surface area (Å²) in [5.74, 6) is 0.256. The average Bonchev–Trinajstić information content (AvgIpc) is 3.65. The number of amides is 4. The summed E-state index contributed by atoms with van der Waals surface area (Å²) in [6.07, 6.45) is 3.06. The third-order valence-electron chi connectivity index (χ3n) is 11.1. The van der Waals surface area contributed by atoms with Crippen molar-refractivity contribution in [3.63, 3.8) is 0 Å². The van der Waals surface area contributed by atoms with Crippen molar-refractivity contribution < 1.29 is 23.9 Å². The van der Waals surface area contributed by atoms with Gasteiger partial charge in [0.15, 0.2) is 0 Å². The average molecular weight is 780 g/mol. The number of ether oxygens (including phenoxy) is 1. The van der Waals surface area contributed by atoms with Gasteiger partial charge in [0, 0.05) is 50.7 Å². The van der Waals surface area contributed by atoms with E-state index in [1.54, 1.807) is 30.8 Å². The summed E-state index contributed by atoms with van der Waals surface area (Å²) in [6.45, 7) is 13.2. The number of hydrogen-bond donors (Lipinski definition) is 2. The standard InChI is InChI=1S/C44H69N5O5S/c1-11-32(6)42(48(9)44(53)40(30(2)3)46-43(52)41(31(4)5)47(7)8)36(54-10)27-39(51)49-26-18-23-35(49)37(55-29-34-21-16-13-17-22-34)28-38(50)45-25-24-33-19-14-12-15-20-33/h12-17,19-22,30-32,35-37,40-42H,11,18,23-29H2,1-10H3,(H,45,50)(H,46,52). The number of hydrogen-bond acceptors (Lipinski definition) is 7. The maximum Gasteiger partial charge on any atom is 0.245 e. The van der Waals surface area contributed by atoms with Gasteiger partial charge in [0.1, 0.15) is 6.04 Å². The molecule has 1 fully saturated rings. The zero-order chi connectivity index (χ0) is 40.7. The van der Waals surface area contributed by atoms with Crippen LogP contribution in [0.25, 0.3) is 0 Å². The molecule has 1 aliphatic rings. The van der Waals surface area contributed by atoms with Crippen LogP contribution in [0, 0.1) is 17.8 Å². The normalized spacial score (nSPS) is 17.8. The predicted molar refractivity (Wildman–Crippen MR) is 225 cm³/mol. The smallest absolute Gasteiger partial charge is 0.245 e. The van der Waals surface area contributed by atoms with Crippen LogP contribution in [0.15, 0.2) is 60.7 Å². The van der Waals surface area contributed by atoms with Gasteiger partial charge in [-0.05, 0) is 62.2 Å². The Morgan fingerprint density at radius 2 is 1.51 bits per heavy atom. The van der Waals surface area contributed by atoms with Gasteiger partial charge >= 0.3 is 0 Å². The van der Waals surface area contributed by atoms with Crippen LogP contribution in [-0.2, 0) is 36.1 Å². The number of thioether (sulfide) groups is 1. The van der Waals surface area contributed by atoms with E-state index in [-0.39, 0.29) is 65.1 Å². The van der Waals surface area contributed by atoms with E-state index >= 15 is 0 Å². The van der Waals surface area contributed by atoms with Crippen molar-refractivity contribution in [2.75, 3.05) is 41.3 Å². The highest BCUT2D eigenvalue weighted by atomic mass is 32.2. The minimum Gasteiger partial charge on any atom is -0.379 e. The van der Waals surface area contributed by atoms with Gasteiger partial charge in [-0.1, -0.05) is 109 Å². The summed E-state index contributed by atoms with van der Waals surface area (Å²) >= 11 is 1.74. The fourth-order valence-corrected chi connectivity index (χ4v) is 9.32. The number of carbonyl (C=O) groups excluding carboxylic acids is 4. The SMILES string of the molecule is CCC(C)C(C(CC(=O)N1CCCC1C(CC(=O)NCCc1ccccc1)SCc1ccccc1)OC)N(C)C(=O)C(NC(=O)C(C(C)C)N(C)C)C(C)C. The molecule has 10 nitrogen and oxygen atoms in total. The van der Waals surface area contributed by atoms with Crippen LogP contribution in [0.5, 0.6) is 0 Å². The Morgan fingerprint density at radius 1 is 0.891 bits per heavy atom. The third kappa shape index (κ3) is 13.6. The molecular formula is C44H69N5O5S. The van der Waals surface area contributed by atoms with Crippen LogP contribution >= 0.6 is 11.8 Å². The predicted octanol–water partition coefficient (Wildman–Crippen LogP) is 6.03. The van der Waals surface area contributed by atoms with Gasteiger partial charge in [-0.25, -0.2) is 0 Å². The van der Waals surface area contributed by atoms with Crippen molar-refractivity contribution in [1.29, 1.82) is 0 Å². The monoisotopic (exact) mass is 780 g/mol. The Balaban J connectivity index is 1.79. The van der Waals surface area contributed by atoms with Crippen molar-refractivity contribution >= 4 is 35.4 Å². The van der Waals surface area contributed by atoms with Gasteiger partial charge in [0.05, 0.1) is 24.6 Å². The minimum atomic E-state index is -0.734. The number of likely N-dealkylation sites (N-methyl/N-ethyl adjacent to an activating group) is 2. The van der Waals surface area contributed by atoms with E-state index in [0.717, 1.165) is 31.4 Å². The Morgan fingerprint density at radius 3 is 2.05 bits per heavy atom. The molecule has 11 heteroatoms. The molecule has 0 bridgehead atoms. The fraction of sp³-hybridized carbons (Fsp3) is 0.636. The number of carbonyl (C=O) groups is 4. The molecule has 0 aliphatic carbocycles. The lowest BCUT2D eigenvalue weighted by Gasteiger charge is -2.41. The van der Waals surface area contributed by atoms with Crippen LogP contribution in [0.1, 0.15) is 84.8 Å². The summed E-state index contributed by atoms with van der Waals surface area (Å²) in [4.78, 5) is 61.1. The van der Waals surface area contributed by atoms with Gasteiger partial charge < -0.3 is 25.2 Å². The number of rotatable bonds is 22. The van der Waals surface area contributed by atoms with E-state index < -0.39 is 18.2 Å². The van der Waals surface area contributed by atoms with E-state index in [2.05, 4.69) is 48.7 Å². The topological polar surface area (TPSA) is 111 Å². The van der Waals surface area contributed by atoms with Crippen molar-refractivity contribution in [3.8, 4) is 0 Å². The zero-order valence-corrected chi connectivity index (χ0v) is 35.9. The van der Waals surface area contributed by atoms with Crippen LogP contribution in [0.2, 0.25) is 0 Å². The molecule has 1 heterocycles. The van der Waals surface area contributed by atoms with Gasteiger partial charge in [0.2, 0.25) is 23.6 Å². The lowest BCUT2D eigenvalue weighted by Crippen LogP contribution is -2.59. The first-order chi connectivity index (χ1) is 26.2. The molecule has 3 rings (SSSR count). The summed E-state index contributed by atoms with van der Waals surface area (Å²) in [6, 6.07) is 18.7. The highest BCUT2D eigenvalue weighted by molar-refractivity contribution is 7.99. The Hall–Kier alpha value is -3.41. The maximum absolute atomic E-state index is 14.4. The number of nitrogens with zero attached hydrogens (tertiary/aromatic N) is 3. The molecule has 7 unspecified atom stereocenters. The molecule has 0 spiro atoms. The quantitative estimate of drug-likeness (QED) is 0.150. The second kappa shape index (κ2) is 23.0. The van der Waals surface area contributed by atoms with Gasteiger partial charge in [-0.15, -0.1) is 0 Å². The lowest BCUT2D eigenvalue weighted by molar-refractivity contribution is -0.146. The first kappa shape index (κ1) is 46.0. The molecule has 0 saturated carbocycles. The minimum absolute atomic E-state index is 0.00961. The molecule has 4 amide bonds. The molecule has 2 aromatic rings. The maximum atomic E-state index is 14.4. The van der Waals surface area contributed by atoms with E-state index in [4.69, 9.17) is 4.74 Å². The molecule has 0 radical (unpaired) electrons. The van der Waals surface area contributed by atoms with E-state index in [1.165, 1.54) is 11.1 Å². The highest BCUT2D eigenvalue weighted by Gasteiger charge is 2.41. The van der Waals surface area contributed by atoms with Crippen molar-refractivity contribution in [2.24, 2.45) is 17.8 Å². The first-order valence-corrected chi connectivity index (χ1v) is 21.3. The van der Waals surface area contributed by atoms with E-state index in [9.17, 15) is 19.2 Å². The van der Waals surface area contributed by atoms with Gasteiger partial charge in [-0.3, -0.25) is 24.1 Å². The number of likely N-dealkylation sites (tertiary alicyclic amines) is 1. The summed E-state index contributed by atoms with van der Waals surface area (Å²) in [5, 5.41) is 6.11. The highest BCUT2D eigenvalue weighted by Crippen LogP contribution is 2.33. The van der Waals surface area contributed by atoms with Gasteiger partial charge in [-0.2, -0.15) is 11.8 Å². The number of benzene rings is 2. The first-order valence-electron chi connectivity index (χ1n) is 20.2. The van der Waals surface area contributed by atoms with Crippen LogP contribution in [0.3, 0.4) is 0 Å². The summed E-state index contributed by atoms with van der Waals surface area (Å²) in [7, 11) is 7.13. The van der Waals surface area contributed by atoms with Crippen molar-refractivity contribution in [1.82, 2.24) is 25.3 Å². The number of nitrogens with one attached hydrogen (secondary N) is 2. The molecule has 2 N–H and O–H groups in total. The second-order valence-corrected chi connectivity index (χ2v) is 17.3. The summed E-state index contributed by atoms with van der Waals surface area (Å²) in [5.41, 5.74) is 2.36. The molecule has 1 aliphatic heterocycles. The Labute approximate surface area is 335 Å². The van der Waals surface area contributed by atoms with Crippen molar-refractivity contribution in [3.05, 3.63) is 71.8 Å². The summed E-state index contributed by atoms with van der Waals surface area (Å²) < 4.78 is 6.10. The van der Waals surface area contributed by atoms with E-state index in [0.29, 0.717) is 19.5 Å². The number of methoxy groups -OCH3 is 1. The molecular weight excluding hydrogens is 711 g/mol. The molecule has 7 atom stereocenters. The molecule has 55 heavy (non-hydrogen) atoms. The zero-order valence-electron chi connectivity index (χ0n) is 35.1. The largest absolute Gasteiger partial charge is 0.379 e. The molecule has 0 aromatic heterocycles. The van der Waals surface area contributed by atoms with Crippen LogP contribution < -0.4 is 10.6 Å². The van der Waals surface area contributed by atoms with E-state index in [1.807, 2.05) is 88.0 Å². The van der Waals surface area contributed by atoms with Crippen LogP contribution in [0.4, 0.5) is 0 Å². The third-order valence-corrected chi connectivity index (χ3v) is 12.5. The Bertz CT molecular complexity index is 1470.